The van der Waals surface area contributed by atoms with Crippen LogP contribution < -0.4 is 4.74 Å². The Bertz CT molecular complexity index is 992. The lowest BCUT2D eigenvalue weighted by molar-refractivity contribution is -0.134. The SMILES string of the molecule is Cc1cccc(C)c1OCC(=O)N(Cc1nnc(-c2ccc(Cl)cc2)o1)C1CC1. The second-order valence-corrected chi connectivity index (χ2v) is 7.71. The smallest absolute Gasteiger partial charge is 0.261 e. The summed E-state index contributed by atoms with van der Waals surface area (Å²) in [6, 6.07) is 13.3. The lowest BCUT2D eigenvalue weighted by Gasteiger charge is -2.21. The molecule has 0 radical (unpaired) electrons. The standard InChI is InChI=1S/C22H22ClN3O3/c1-14-4-3-5-15(2)21(14)28-13-20(27)26(18-10-11-18)12-19-24-25-22(29-19)16-6-8-17(23)9-7-16/h3-9,18H,10-13H2,1-2H3. The Kier molecular flexibility index (Phi) is 5.53. The summed E-state index contributed by atoms with van der Waals surface area (Å²) >= 11 is 5.92. The predicted octanol–water partition coefficient (Wildman–Crippen LogP) is 4.58. The Hall–Kier alpha value is -2.86. The molecule has 0 unspecified atom stereocenters. The van der Waals surface area contributed by atoms with Crippen molar-refractivity contribution in [3.8, 4) is 17.2 Å². The summed E-state index contributed by atoms with van der Waals surface area (Å²) in [7, 11) is 0. The van der Waals surface area contributed by atoms with Gasteiger partial charge in [-0.3, -0.25) is 4.79 Å². The number of hydrogen-bond donors (Lipinski definition) is 0. The monoisotopic (exact) mass is 411 g/mol. The molecule has 1 aliphatic rings. The Morgan fingerprint density at radius 2 is 1.83 bits per heavy atom. The number of aromatic nitrogens is 2. The number of amides is 1. The van der Waals surface area contributed by atoms with Crippen molar-refractivity contribution in [3.63, 3.8) is 0 Å². The molecular weight excluding hydrogens is 390 g/mol. The van der Waals surface area contributed by atoms with Gasteiger partial charge in [-0.15, -0.1) is 10.2 Å². The number of hydrogen-bond acceptors (Lipinski definition) is 5. The summed E-state index contributed by atoms with van der Waals surface area (Å²) in [6.45, 7) is 4.21. The molecular formula is C22H22ClN3O3. The molecule has 29 heavy (non-hydrogen) atoms. The van der Waals surface area contributed by atoms with E-state index < -0.39 is 0 Å². The molecule has 2 aromatic carbocycles. The largest absolute Gasteiger partial charge is 0.483 e. The van der Waals surface area contributed by atoms with Gasteiger partial charge in [0.2, 0.25) is 11.8 Å². The molecule has 0 bridgehead atoms. The summed E-state index contributed by atoms with van der Waals surface area (Å²) in [5, 5.41) is 8.85. The Balaban J connectivity index is 1.43. The maximum atomic E-state index is 12.8. The summed E-state index contributed by atoms with van der Waals surface area (Å²) < 4.78 is 11.6. The Morgan fingerprint density at radius 1 is 1.14 bits per heavy atom. The van der Waals surface area contributed by atoms with Gasteiger partial charge in [-0.05, 0) is 62.1 Å². The first-order valence-corrected chi connectivity index (χ1v) is 9.96. The molecule has 1 heterocycles. The van der Waals surface area contributed by atoms with E-state index in [1.54, 1.807) is 17.0 Å². The third-order valence-electron chi connectivity index (χ3n) is 4.92. The van der Waals surface area contributed by atoms with E-state index in [4.69, 9.17) is 20.8 Å². The maximum absolute atomic E-state index is 12.8. The molecule has 0 spiro atoms. The minimum absolute atomic E-state index is 0.0135. The molecule has 7 heteroatoms. The number of carbonyl (C=O) groups is 1. The number of aryl methyl sites for hydroxylation is 2. The van der Waals surface area contributed by atoms with Crippen molar-refractivity contribution in [2.24, 2.45) is 0 Å². The van der Waals surface area contributed by atoms with Crippen LogP contribution in [0, 0.1) is 13.8 Å². The van der Waals surface area contributed by atoms with Gasteiger partial charge in [0.15, 0.2) is 6.61 Å². The summed E-state index contributed by atoms with van der Waals surface area (Å²) in [6.07, 6.45) is 1.96. The van der Waals surface area contributed by atoms with Gasteiger partial charge in [-0.25, -0.2) is 0 Å². The Morgan fingerprint density at radius 3 is 2.48 bits per heavy atom. The molecule has 0 atom stereocenters. The van der Waals surface area contributed by atoms with Crippen molar-refractivity contribution in [1.82, 2.24) is 15.1 Å². The van der Waals surface area contributed by atoms with Gasteiger partial charge in [0, 0.05) is 16.6 Å². The van der Waals surface area contributed by atoms with Crippen molar-refractivity contribution in [2.45, 2.75) is 39.3 Å². The molecule has 1 saturated carbocycles. The van der Waals surface area contributed by atoms with Crippen molar-refractivity contribution in [1.29, 1.82) is 0 Å². The van der Waals surface area contributed by atoms with Crippen LogP contribution >= 0.6 is 11.6 Å². The van der Waals surface area contributed by atoms with Crippen LogP contribution in [0.3, 0.4) is 0 Å². The number of benzene rings is 2. The van der Waals surface area contributed by atoms with Crippen LogP contribution in [-0.2, 0) is 11.3 Å². The van der Waals surface area contributed by atoms with Crippen molar-refractivity contribution in [3.05, 3.63) is 64.5 Å². The first-order valence-electron chi connectivity index (χ1n) is 9.58. The lowest BCUT2D eigenvalue weighted by atomic mass is 10.1. The maximum Gasteiger partial charge on any atom is 0.261 e. The molecule has 3 aromatic rings. The van der Waals surface area contributed by atoms with Gasteiger partial charge in [0.05, 0.1) is 6.54 Å². The minimum atomic E-state index is -0.0820. The molecule has 1 aromatic heterocycles. The van der Waals surface area contributed by atoms with Gasteiger partial charge in [0.1, 0.15) is 5.75 Å². The highest BCUT2D eigenvalue weighted by molar-refractivity contribution is 6.30. The molecule has 1 amide bonds. The van der Waals surface area contributed by atoms with E-state index in [1.165, 1.54) is 0 Å². The van der Waals surface area contributed by atoms with E-state index in [9.17, 15) is 4.79 Å². The van der Waals surface area contributed by atoms with E-state index in [2.05, 4.69) is 10.2 Å². The van der Waals surface area contributed by atoms with Crippen LogP contribution in [-0.4, -0.2) is 33.7 Å². The van der Waals surface area contributed by atoms with E-state index in [-0.39, 0.29) is 25.1 Å². The fourth-order valence-electron chi connectivity index (χ4n) is 3.22. The van der Waals surface area contributed by atoms with Crippen LogP contribution in [0.15, 0.2) is 46.9 Å². The zero-order valence-corrected chi connectivity index (χ0v) is 17.1. The van der Waals surface area contributed by atoms with Crippen LogP contribution in [0.2, 0.25) is 5.02 Å². The number of rotatable bonds is 7. The van der Waals surface area contributed by atoms with E-state index in [1.807, 2.05) is 44.2 Å². The molecule has 1 fully saturated rings. The molecule has 4 rings (SSSR count). The van der Waals surface area contributed by atoms with Crippen LogP contribution in [0.5, 0.6) is 5.75 Å². The highest BCUT2D eigenvalue weighted by Gasteiger charge is 2.34. The fraction of sp³-hybridized carbons (Fsp3) is 0.318. The number of halogens is 1. The zero-order valence-electron chi connectivity index (χ0n) is 16.4. The molecule has 0 N–H and O–H groups in total. The fourth-order valence-corrected chi connectivity index (χ4v) is 3.35. The molecule has 150 valence electrons. The first kappa shape index (κ1) is 19.5. The van der Waals surface area contributed by atoms with Crippen molar-refractivity contribution < 1.29 is 13.9 Å². The van der Waals surface area contributed by atoms with Crippen LogP contribution in [0.1, 0.15) is 29.9 Å². The van der Waals surface area contributed by atoms with Crippen LogP contribution in [0.25, 0.3) is 11.5 Å². The topological polar surface area (TPSA) is 68.5 Å². The number of para-hydroxylation sites is 1. The molecule has 6 nitrogen and oxygen atoms in total. The number of ether oxygens (including phenoxy) is 1. The van der Waals surface area contributed by atoms with Gasteiger partial charge in [-0.1, -0.05) is 29.8 Å². The minimum Gasteiger partial charge on any atom is -0.483 e. The van der Waals surface area contributed by atoms with Crippen LogP contribution in [0.4, 0.5) is 0 Å². The number of nitrogens with zero attached hydrogens (tertiary/aromatic N) is 3. The molecule has 0 aliphatic heterocycles. The third-order valence-corrected chi connectivity index (χ3v) is 5.17. The predicted molar refractivity (Wildman–Crippen MR) is 110 cm³/mol. The van der Waals surface area contributed by atoms with Crippen molar-refractivity contribution in [2.75, 3.05) is 6.61 Å². The number of carbonyl (C=O) groups excluding carboxylic acids is 1. The van der Waals surface area contributed by atoms with E-state index >= 15 is 0 Å². The molecule has 0 saturated heterocycles. The Labute approximate surface area is 174 Å². The second-order valence-electron chi connectivity index (χ2n) is 7.27. The highest BCUT2D eigenvalue weighted by Crippen LogP contribution is 2.30. The average Bonchev–Trinajstić information content (AvgIpc) is 3.44. The van der Waals surface area contributed by atoms with Gasteiger partial charge in [0.25, 0.3) is 5.91 Å². The third kappa shape index (κ3) is 4.59. The summed E-state index contributed by atoms with van der Waals surface area (Å²) in [5.41, 5.74) is 2.82. The van der Waals surface area contributed by atoms with Crippen molar-refractivity contribution >= 4 is 17.5 Å². The summed E-state index contributed by atoms with van der Waals surface area (Å²) in [5.74, 6) is 1.50. The zero-order chi connectivity index (χ0) is 20.4. The summed E-state index contributed by atoms with van der Waals surface area (Å²) in [4.78, 5) is 14.6. The van der Waals surface area contributed by atoms with Gasteiger partial charge < -0.3 is 14.1 Å². The molecule has 1 aliphatic carbocycles. The normalized spacial score (nSPS) is 13.3. The van der Waals surface area contributed by atoms with E-state index in [0.717, 1.165) is 35.3 Å². The second kappa shape index (κ2) is 8.25. The quantitative estimate of drug-likeness (QED) is 0.569. The van der Waals surface area contributed by atoms with Gasteiger partial charge >= 0.3 is 0 Å². The van der Waals surface area contributed by atoms with Gasteiger partial charge in [-0.2, -0.15) is 0 Å². The first-order chi connectivity index (χ1) is 14.0. The van der Waals surface area contributed by atoms with E-state index in [0.29, 0.717) is 16.8 Å². The highest BCUT2D eigenvalue weighted by atomic mass is 35.5. The lowest BCUT2D eigenvalue weighted by Crippen LogP contribution is -2.36. The average molecular weight is 412 g/mol.